The SMILES string of the molecule is CC(C)(CCCCc1c(F)c(F)c(F)c(F)c1F)O[SiH3]. The van der Waals surface area contributed by atoms with Crippen molar-refractivity contribution in [3.8, 4) is 0 Å². The molecule has 0 atom stereocenters. The molecule has 20 heavy (non-hydrogen) atoms. The van der Waals surface area contributed by atoms with Gasteiger partial charge in [0.05, 0.1) is 0 Å². The van der Waals surface area contributed by atoms with Crippen LogP contribution < -0.4 is 0 Å². The Balaban J connectivity index is 2.75. The van der Waals surface area contributed by atoms with Gasteiger partial charge in [0, 0.05) is 11.2 Å². The largest absolute Gasteiger partial charge is 0.423 e. The van der Waals surface area contributed by atoms with Crippen LogP contribution in [0.2, 0.25) is 0 Å². The van der Waals surface area contributed by atoms with E-state index in [4.69, 9.17) is 4.43 Å². The molecule has 0 heterocycles. The van der Waals surface area contributed by atoms with Crippen molar-refractivity contribution < 1.29 is 26.4 Å². The number of unbranched alkanes of at least 4 members (excludes halogenated alkanes) is 1. The second kappa shape index (κ2) is 6.67. The summed E-state index contributed by atoms with van der Waals surface area (Å²) in [5.41, 5.74) is -1.06. The van der Waals surface area contributed by atoms with Crippen molar-refractivity contribution in [2.24, 2.45) is 0 Å². The molecule has 0 spiro atoms. The van der Waals surface area contributed by atoms with Crippen molar-refractivity contribution in [2.75, 3.05) is 0 Å². The Morgan fingerprint density at radius 3 is 1.75 bits per heavy atom. The molecule has 0 bridgehead atoms. The maximum absolute atomic E-state index is 13.4. The van der Waals surface area contributed by atoms with E-state index in [9.17, 15) is 22.0 Å². The molecule has 0 aliphatic carbocycles. The first-order valence-corrected chi connectivity index (χ1v) is 7.08. The Bertz CT molecular complexity index is 461. The molecule has 0 fully saturated rings. The maximum Gasteiger partial charge on any atom is 0.200 e. The van der Waals surface area contributed by atoms with E-state index in [1.165, 1.54) is 0 Å². The van der Waals surface area contributed by atoms with Gasteiger partial charge >= 0.3 is 0 Å². The van der Waals surface area contributed by atoms with Gasteiger partial charge in [0.15, 0.2) is 23.3 Å². The summed E-state index contributed by atoms with van der Waals surface area (Å²) in [6.45, 7) is 3.77. The monoisotopic (exact) mass is 312 g/mol. The Kier molecular flexibility index (Phi) is 5.70. The van der Waals surface area contributed by atoms with Crippen molar-refractivity contribution in [1.29, 1.82) is 0 Å². The predicted molar refractivity (Wildman–Crippen MR) is 68.9 cm³/mol. The van der Waals surface area contributed by atoms with Crippen molar-refractivity contribution in [3.05, 3.63) is 34.6 Å². The Morgan fingerprint density at radius 1 is 0.850 bits per heavy atom. The quantitative estimate of drug-likeness (QED) is 0.258. The first-order chi connectivity index (χ1) is 9.21. The fraction of sp³-hybridized carbons (Fsp3) is 0.538. The molecule has 0 amide bonds. The molecule has 0 aromatic heterocycles. The summed E-state index contributed by atoms with van der Waals surface area (Å²) in [7, 11) is 0.574. The van der Waals surface area contributed by atoms with Gasteiger partial charge < -0.3 is 4.43 Å². The molecule has 0 saturated heterocycles. The van der Waals surface area contributed by atoms with Gasteiger partial charge in [-0.05, 0) is 33.1 Å². The average molecular weight is 312 g/mol. The van der Waals surface area contributed by atoms with Gasteiger partial charge in [-0.25, -0.2) is 22.0 Å². The van der Waals surface area contributed by atoms with Crippen LogP contribution in [-0.2, 0) is 10.8 Å². The van der Waals surface area contributed by atoms with E-state index >= 15 is 0 Å². The second-order valence-corrected chi connectivity index (χ2v) is 5.63. The maximum atomic E-state index is 13.4. The lowest BCUT2D eigenvalue weighted by Crippen LogP contribution is -2.22. The molecule has 1 nitrogen and oxygen atoms in total. The summed E-state index contributed by atoms with van der Waals surface area (Å²) >= 11 is 0. The van der Waals surface area contributed by atoms with E-state index in [-0.39, 0.29) is 12.0 Å². The van der Waals surface area contributed by atoms with Crippen LogP contribution in [0, 0.1) is 29.1 Å². The van der Waals surface area contributed by atoms with Crippen LogP contribution in [0.4, 0.5) is 22.0 Å². The highest BCUT2D eigenvalue weighted by Crippen LogP contribution is 2.25. The summed E-state index contributed by atoms with van der Waals surface area (Å²) in [5.74, 6) is -9.36. The van der Waals surface area contributed by atoms with E-state index in [2.05, 4.69) is 0 Å². The van der Waals surface area contributed by atoms with Crippen molar-refractivity contribution in [2.45, 2.75) is 45.1 Å². The number of halogens is 5. The zero-order chi connectivity index (χ0) is 15.5. The highest BCUT2D eigenvalue weighted by molar-refractivity contribution is 5.98. The van der Waals surface area contributed by atoms with Crippen molar-refractivity contribution in [3.63, 3.8) is 0 Å². The summed E-state index contributed by atoms with van der Waals surface area (Å²) in [4.78, 5) is 0. The van der Waals surface area contributed by atoms with Gasteiger partial charge in [0.1, 0.15) is 10.5 Å². The van der Waals surface area contributed by atoms with Crippen molar-refractivity contribution >= 4 is 10.5 Å². The topological polar surface area (TPSA) is 9.23 Å². The molecule has 1 aromatic rings. The summed E-state index contributed by atoms with van der Waals surface area (Å²) in [6.07, 6.45) is 1.37. The molecule has 114 valence electrons. The third-order valence-corrected chi connectivity index (χ3v) is 4.41. The van der Waals surface area contributed by atoms with Crippen LogP contribution in [0.1, 0.15) is 38.7 Å². The number of hydrogen-bond acceptors (Lipinski definition) is 1. The van der Waals surface area contributed by atoms with Gasteiger partial charge in [-0.3, -0.25) is 0 Å². The molecule has 0 aliphatic heterocycles. The molecule has 0 unspecified atom stereocenters. The van der Waals surface area contributed by atoms with Crippen LogP contribution in [0.5, 0.6) is 0 Å². The summed E-state index contributed by atoms with van der Waals surface area (Å²) in [5, 5.41) is 0. The lowest BCUT2D eigenvalue weighted by molar-refractivity contribution is 0.109. The van der Waals surface area contributed by atoms with E-state index in [1.807, 2.05) is 13.8 Å². The highest BCUT2D eigenvalue weighted by Gasteiger charge is 2.25. The van der Waals surface area contributed by atoms with Crippen LogP contribution in [-0.4, -0.2) is 16.1 Å². The lowest BCUT2D eigenvalue weighted by atomic mass is 9.98. The van der Waals surface area contributed by atoms with Gasteiger partial charge in [0.2, 0.25) is 5.82 Å². The number of rotatable bonds is 6. The Hall–Kier alpha value is -0.953. The number of hydrogen-bond donors (Lipinski definition) is 0. The molecule has 1 aromatic carbocycles. The first kappa shape index (κ1) is 17.1. The van der Waals surface area contributed by atoms with Crippen LogP contribution >= 0.6 is 0 Å². The normalized spacial score (nSPS) is 12.2. The Labute approximate surface area is 117 Å². The lowest BCUT2D eigenvalue weighted by Gasteiger charge is -2.23. The van der Waals surface area contributed by atoms with Gasteiger partial charge in [-0.15, -0.1) is 0 Å². The van der Waals surface area contributed by atoms with Crippen molar-refractivity contribution in [1.82, 2.24) is 0 Å². The van der Waals surface area contributed by atoms with Crippen LogP contribution in [0.15, 0.2) is 0 Å². The first-order valence-electron chi connectivity index (χ1n) is 6.26. The molecule has 0 radical (unpaired) electrons. The molecular formula is C13H17F5OSi. The zero-order valence-corrected chi connectivity index (χ0v) is 13.6. The van der Waals surface area contributed by atoms with Gasteiger partial charge in [-0.2, -0.15) is 0 Å². The van der Waals surface area contributed by atoms with E-state index in [0.717, 1.165) is 0 Å². The molecule has 1 rings (SSSR count). The zero-order valence-electron chi connectivity index (χ0n) is 11.6. The van der Waals surface area contributed by atoms with Gasteiger partial charge in [0.25, 0.3) is 0 Å². The summed E-state index contributed by atoms with van der Waals surface area (Å²) in [6, 6.07) is 0. The fourth-order valence-corrected chi connectivity index (χ4v) is 2.03. The third-order valence-electron chi connectivity index (χ3n) is 3.31. The molecule has 0 N–H and O–H groups in total. The summed E-state index contributed by atoms with van der Waals surface area (Å²) < 4.78 is 70.9. The van der Waals surface area contributed by atoms with E-state index in [0.29, 0.717) is 29.7 Å². The van der Waals surface area contributed by atoms with E-state index in [1.54, 1.807) is 0 Å². The third kappa shape index (κ3) is 3.79. The van der Waals surface area contributed by atoms with Gasteiger partial charge in [-0.1, -0.05) is 6.42 Å². The van der Waals surface area contributed by atoms with E-state index < -0.39 is 34.6 Å². The van der Waals surface area contributed by atoms with Crippen LogP contribution in [0.25, 0.3) is 0 Å². The minimum Gasteiger partial charge on any atom is -0.423 e. The fourth-order valence-electron chi connectivity index (χ4n) is 1.82. The molecular weight excluding hydrogens is 295 g/mol. The molecule has 7 heteroatoms. The standard InChI is InChI=1S/C13H17F5OSi/c1-13(2,19-20)6-4-3-5-7-8(14)10(16)12(18)11(17)9(7)15/h3-6H2,1-2,20H3. The molecule has 0 aliphatic rings. The minimum atomic E-state index is -2.12. The highest BCUT2D eigenvalue weighted by atomic mass is 28.2. The Morgan fingerprint density at radius 2 is 1.30 bits per heavy atom. The predicted octanol–water partition coefficient (Wildman–Crippen LogP) is 3.17. The minimum absolute atomic E-state index is 0.191. The smallest absolute Gasteiger partial charge is 0.200 e. The average Bonchev–Trinajstić information content (AvgIpc) is 2.42. The second-order valence-electron chi connectivity index (χ2n) is 5.22. The molecule has 0 saturated carbocycles. The number of benzene rings is 1. The van der Waals surface area contributed by atoms with Crippen LogP contribution in [0.3, 0.4) is 0 Å².